The Morgan fingerprint density at radius 1 is 1.20 bits per heavy atom. The van der Waals surface area contributed by atoms with Crippen LogP contribution in [0, 0.1) is 5.41 Å². The monoisotopic (exact) mass is 419 g/mol. The highest BCUT2D eigenvalue weighted by Crippen LogP contribution is 2.21. The van der Waals surface area contributed by atoms with Gasteiger partial charge in [-0.3, -0.25) is 9.79 Å². The standard InChI is InChI=1S/C21H37N7O2/c1-6-22-19(26-16-17(30-5)21(2,3)4)23-11-8-18(29)27-12-14-28(15-13-27)20-24-9-7-10-25-20/h7,9-10,17H,6,8,11-16H2,1-5H3,(H2,22,23,26). The number of guanidine groups is 1. The molecule has 1 aromatic heterocycles. The molecule has 30 heavy (non-hydrogen) atoms. The fraction of sp³-hybridized carbons (Fsp3) is 0.714. The van der Waals surface area contributed by atoms with E-state index in [-0.39, 0.29) is 17.4 Å². The molecule has 1 unspecified atom stereocenters. The third kappa shape index (κ3) is 7.44. The lowest BCUT2D eigenvalue weighted by Gasteiger charge is -2.34. The molecule has 2 heterocycles. The molecule has 9 nitrogen and oxygen atoms in total. The lowest BCUT2D eigenvalue weighted by atomic mass is 9.89. The van der Waals surface area contributed by atoms with Crippen LogP contribution < -0.4 is 15.5 Å². The average Bonchev–Trinajstić information content (AvgIpc) is 2.74. The summed E-state index contributed by atoms with van der Waals surface area (Å²) in [6, 6.07) is 1.81. The van der Waals surface area contributed by atoms with E-state index in [0.717, 1.165) is 25.6 Å². The van der Waals surface area contributed by atoms with Gasteiger partial charge in [-0.15, -0.1) is 0 Å². The van der Waals surface area contributed by atoms with Crippen LogP contribution in [-0.4, -0.2) is 85.8 Å². The number of aromatic nitrogens is 2. The van der Waals surface area contributed by atoms with Crippen molar-refractivity contribution >= 4 is 17.8 Å². The number of hydrogen-bond acceptors (Lipinski definition) is 6. The van der Waals surface area contributed by atoms with Gasteiger partial charge >= 0.3 is 0 Å². The maximum atomic E-state index is 12.6. The van der Waals surface area contributed by atoms with E-state index < -0.39 is 0 Å². The second kappa shape index (κ2) is 11.7. The van der Waals surface area contributed by atoms with E-state index in [1.807, 2.05) is 11.8 Å². The number of hydrogen-bond donors (Lipinski definition) is 2. The predicted octanol–water partition coefficient (Wildman–Crippen LogP) is 1.13. The second-order valence-electron chi connectivity index (χ2n) is 8.40. The molecule has 2 rings (SSSR count). The molecule has 2 N–H and O–H groups in total. The number of nitrogens with one attached hydrogen (secondary N) is 2. The summed E-state index contributed by atoms with van der Waals surface area (Å²) in [6.45, 7) is 13.2. The molecule has 1 aliphatic heterocycles. The van der Waals surface area contributed by atoms with Crippen LogP contribution in [0.2, 0.25) is 0 Å². The summed E-state index contributed by atoms with van der Waals surface area (Å²) >= 11 is 0. The van der Waals surface area contributed by atoms with Gasteiger partial charge in [0.15, 0.2) is 5.96 Å². The first-order chi connectivity index (χ1) is 14.3. The van der Waals surface area contributed by atoms with Gasteiger partial charge in [-0.2, -0.15) is 0 Å². The molecular formula is C21H37N7O2. The molecule has 1 amide bonds. The fourth-order valence-corrected chi connectivity index (χ4v) is 3.27. The highest BCUT2D eigenvalue weighted by molar-refractivity contribution is 5.81. The van der Waals surface area contributed by atoms with Crippen molar-refractivity contribution in [3.05, 3.63) is 18.5 Å². The van der Waals surface area contributed by atoms with Gasteiger partial charge in [0, 0.05) is 65.2 Å². The number of carbonyl (C=O) groups is 1. The number of piperazine rings is 1. The van der Waals surface area contributed by atoms with Gasteiger partial charge in [0.05, 0.1) is 12.6 Å². The zero-order chi connectivity index (χ0) is 22.0. The Labute approximate surface area is 180 Å². The molecule has 1 fully saturated rings. The van der Waals surface area contributed by atoms with Gasteiger partial charge in [0.2, 0.25) is 11.9 Å². The van der Waals surface area contributed by atoms with Gasteiger partial charge in [-0.1, -0.05) is 20.8 Å². The van der Waals surface area contributed by atoms with Crippen LogP contribution in [-0.2, 0) is 9.53 Å². The van der Waals surface area contributed by atoms with Crippen LogP contribution >= 0.6 is 0 Å². The van der Waals surface area contributed by atoms with Crippen molar-refractivity contribution in [1.29, 1.82) is 0 Å². The van der Waals surface area contributed by atoms with E-state index in [0.29, 0.717) is 38.6 Å². The Hall–Kier alpha value is -2.42. The van der Waals surface area contributed by atoms with Crippen LogP contribution in [0.4, 0.5) is 5.95 Å². The number of nitrogens with zero attached hydrogens (tertiary/aromatic N) is 5. The van der Waals surface area contributed by atoms with E-state index in [4.69, 9.17) is 4.74 Å². The van der Waals surface area contributed by atoms with Gasteiger partial charge < -0.3 is 25.2 Å². The van der Waals surface area contributed by atoms with E-state index in [2.05, 4.69) is 51.3 Å². The van der Waals surface area contributed by atoms with Gasteiger partial charge in [0.1, 0.15) is 0 Å². The second-order valence-corrected chi connectivity index (χ2v) is 8.40. The van der Waals surface area contributed by atoms with Crippen molar-refractivity contribution in [3.63, 3.8) is 0 Å². The summed E-state index contributed by atoms with van der Waals surface area (Å²) in [6.07, 6.45) is 3.94. The summed E-state index contributed by atoms with van der Waals surface area (Å²) in [4.78, 5) is 29.8. The van der Waals surface area contributed by atoms with Crippen molar-refractivity contribution in [2.75, 3.05) is 57.8 Å². The Morgan fingerprint density at radius 2 is 1.87 bits per heavy atom. The lowest BCUT2D eigenvalue weighted by molar-refractivity contribution is -0.131. The fourth-order valence-electron chi connectivity index (χ4n) is 3.27. The topological polar surface area (TPSA) is 95.0 Å². The van der Waals surface area contributed by atoms with E-state index in [9.17, 15) is 4.79 Å². The average molecular weight is 420 g/mol. The van der Waals surface area contributed by atoms with Gasteiger partial charge in [-0.05, 0) is 18.4 Å². The SMILES string of the molecule is CCNC(=NCC(OC)C(C)(C)C)NCCC(=O)N1CCN(c2ncccn2)CC1. The van der Waals surface area contributed by atoms with E-state index in [1.165, 1.54) is 0 Å². The van der Waals surface area contributed by atoms with E-state index >= 15 is 0 Å². The number of ether oxygens (including phenoxy) is 1. The Bertz CT molecular complexity index is 668. The van der Waals surface area contributed by atoms with Crippen molar-refractivity contribution in [2.45, 2.75) is 40.2 Å². The summed E-state index contributed by atoms with van der Waals surface area (Å²) in [5.41, 5.74) is 0.0124. The first kappa shape index (κ1) is 23.9. The minimum atomic E-state index is 0.0124. The molecule has 9 heteroatoms. The third-order valence-corrected chi connectivity index (χ3v) is 5.11. The third-order valence-electron chi connectivity index (χ3n) is 5.11. The number of anilines is 1. The smallest absolute Gasteiger partial charge is 0.225 e. The molecule has 0 radical (unpaired) electrons. The van der Waals surface area contributed by atoms with Crippen LogP contribution in [0.5, 0.6) is 0 Å². The van der Waals surface area contributed by atoms with Crippen LogP contribution in [0.3, 0.4) is 0 Å². The first-order valence-electron chi connectivity index (χ1n) is 10.7. The normalized spacial score (nSPS) is 16.4. The summed E-state index contributed by atoms with van der Waals surface area (Å²) in [5, 5.41) is 6.49. The summed E-state index contributed by atoms with van der Waals surface area (Å²) in [7, 11) is 1.72. The first-order valence-corrected chi connectivity index (χ1v) is 10.7. The van der Waals surface area contributed by atoms with Crippen molar-refractivity contribution < 1.29 is 9.53 Å². The molecular weight excluding hydrogens is 382 g/mol. The molecule has 1 aliphatic rings. The Kier molecular flexibility index (Phi) is 9.29. The highest BCUT2D eigenvalue weighted by Gasteiger charge is 2.24. The molecule has 0 bridgehead atoms. The number of aliphatic imine (C=N–C) groups is 1. The van der Waals surface area contributed by atoms with Crippen LogP contribution in [0.15, 0.2) is 23.5 Å². The van der Waals surface area contributed by atoms with E-state index in [1.54, 1.807) is 25.6 Å². The molecule has 168 valence electrons. The zero-order valence-electron chi connectivity index (χ0n) is 19.0. The molecule has 0 saturated carbocycles. The highest BCUT2D eigenvalue weighted by atomic mass is 16.5. The van der Waals surface area contributed by atoms with Crippen LogP contribution in [0.1, 0.15) is 34.1 Å². The quantitative estimate of drug-likeness (QED) is 0.482. The molecule has 1 atom stereocenters. The Balaban J connectivity index is 1.77. The minimum Gasteiger partial charge on any atom is -0.379 e. The van der Waals surface area contributed by atoms with Crippen molar-refractivity contribution in [2.24, 2.45) is 10.4 Å². The number of carbonyl (C=O) groups excluding carboxylic acids is 1. The van der Waals surface area contributed by atoms with Crippen molar-refractivity contribution in [1.82, 2.24) is 25.5 Å². The molecule has 0 aliphatic carbocycles. The molecule has 0 spiro atoms. The summed E-state index contributed by atoms with van der Waals surface area (Å²) in [5.74, 6) is 1.58. The lowest BCUT2D eigenvalue weighted by Crippen LogP contribution is -2.50. The Morgan fingerprint density at radius 3 is 2.43 bits per heavy atom. The zero-order valence-corrected chi connectivity index (χ0v) is 19.0. The largest absolute Gasteiger partial charge is 0.379 e. The molecule has 1 aromatic rings. The predicted molar refractivity (Wildman–Crippen MR) is 120 cm³/mol. The maximum absolute atomic E-state index is 12.6. The van der Waals surface area contributed by atoms with Crippen molar-refractivity contribution in [3.8, 4) is 0 Å². The number of rotatable bonds is 8. The molecule has 1 saturated heterocycles. The molecule has 0 aromatic carbocycles. The minimum absolute atomic E-state index is 0.0124. The number of methoxy groups -OCH3 is 1. The van der Waals surface area contributed by atoms with Gasteiger partial charge in [0.25, 0.3) is 0 Å². The maximum Gasteiger partial charge on any atom is 0.225 e. The number of amides is 1. The van der Waals surface area contributed by atoms with Crippen LogP contribution in [0.25, 0.3) is 0 Å². The summed E-state index contributed by atoms with van der Waals surface area (Å²) < 4.78 is 5.57. The van der Waals surface area contributed by atoms with Gasteiger partial charge in [-0.25, -0.2) is 9.97 Å².